The quantitative estimate of drug-likeness (QED) is 0.431. The second kappa shape index (κ2) is 12.2. The fraction of sp³-hybridized carbons (Fsp3) is 0.536. The van der Waals surface area contributed by atoms with Gasteiger partial charge in [-0.15, -0.1) is 11.3 Å². The van der Waals surface area contributed by atoms with Crippen LogP contribution in [0.4, 0.5) is 0 Å². The van der Waals surface area contributed by atoms with E-state index in [0.717, 1.165) is 43.0 Å². The molecule has 1 atom stereocenters. The second-order valence-electron chi connectivity index (χ2n) is 10.1. The van der Waals surface area contributed by atoms with E-state index in [0.29, 0.717) is 48.6 Å². The third-order valence-electron chi connectivity index (χ3n) is 6.77. The fourth-order valence-electron chi connectivity index (χ4n) is 4.80. The SMILES string of the molecule is Cc1nc(C)c(C(=O)C2=C(O)C(=O)N(CCCN3CCOCC3)C2c2cccc(OCCC(C)C)c2)s1. The van der Waals surface area contributed by atoms with Gasteiger partial charge in [0.05, 0.1) is 47.0 Å². The summed E-state index contributed by atoms with van der Waals surface area (Å²) in [5.41, 5.74) is 1.46. The molecule has 1 aromatic carbocycles. The molecule has 9 heteroatoms. The maximum atomic E-state index is 13.7. The molecule has 3 heterocycles. The number of hydrogen-bond acceptors (Lipinski definition) is 8. The van der Waals surface area contributed by atoms with Crippen LogP contribution in [0.2, 0.25) is 0 Å². The van der Waals surface area contributed by atoms with E-state index < -0.39 is 17.7 Å². The van der Waals surface area contributed by atoms with E-state index in [1.165, 1.54) is 11.3 Å². The third kappa shape index (κ3) is 6.40. The number of carbonyl (C=O) groups is 2. The number of rotatable bonds is 11. The highest BCUT2D eigenvalue weighted by Crippen LogP contribution is 2.41. The van der Waals surface area contributed by atoms with Crippen LogP contribution in [0.5, 0.6) is 5.75 Å². The van der Waals surface area contributed by atoms with Crippen LogP contribution >= 0.6 is 11.3 Å². The largest absolute Gasteiger partial charge is 0.503 e. The van der Waals surface area contributed by atoms with Gasteiger partial charge in [-0.05, 0) is 50.3 Å². The molecule has 8 nitrogen and oxygen atoms in total. The summed E-state index contributed by atoms with van der Waals surface area (Å²) >= 11 is 1.29. The number of aliphatic hydroxyl groups is 1. The van der Waals surface area contributed by atoms with Gasteiger partial charge < -0.3 is 19.5 Å². The van der Waals surface area contributed by atoms with Crippen LogP contribution in [0.1, 0.15) is 58.7 Å². The minimum Gasteiger partial charge on any atom is -0.503 e. The van der Waals surface area contributed by atoms with Gasteiger partial charge in [-0.2, -0.15) is 0 Å². The van der Waals surface area contributed by atoms with Crippen molar-refractivity contribution >= 4 is 23.0 Å². The number of carbonyl (C=O) groups excluding carboxylic acids is 2. The fourth-order valence-corrected chi connectivity index (χ4v) is 5.68. The normalized spacial score (nSPS) is 18.8. The highest BCUT2D eigenvalue weighted by molar-refractivity contribution is 7.14. The number of thiazole rings is 1. The molecule has 1 amide bonds. The number of nitrogens with zero attached hydrogens (tertiary/aromatic N) is 3. The molecule has 0 bridgehead atoms. The lowest BCUT2D eigenvalue weighted by Gasteiger charge is -2.30. The average molecular weight is 528 g/mol. The Morgan fingerprint density at radius 1 is 1.24 bits per heavy atom. The number of aliphatic hydroxyl groups excluding tert-OH is 1. The first-order chi connectivity index (χ1) is 17.8. The maximum absolute atomic E-state index is 13.7. The molecular weight excluding hydrogens is 490 g/mol. The zero-order chi connectivity index (χ0) is 26.5. The van der Waals surface area contributed by atoms with Crippen LogP contribution in [0, 0.1) is 19.8 Å². The summed E-state index contributed by atoms with van der Waals surface area (Å²) < 4.78 is 11.4. The van der Waals surface area contributed by atoms with E-state index in [9.17, 15) is 14.7 Å². The third-order valence-corrected chi connectivity index (χ3v) is 7.84. The minimum atomic E-state index is -0.694. The van der Waals surface area contributed by atoms with Gasteiger partial charge in [0, 0.05) is 26.2 Å². The van der Waals surface area contributed by atoms with Gasteiger partial charge in [-0.25, -0.2) is 4.98 Å². The number of morpholine rings is 1. The van der Waals surface area contributed by atoms with Gasteiger partial charge in [0.2, 0.25) is 5.78 Å². The van der Waals surface area contributed by atoms with Crippen LogP contribution in [-0.2, 0) is 9.53 Å². The molecular formula is C28H37N3O5S. The van der Waals surface area contributed by atoms with Gasteiger partial charge in [-0.3, -0.25) is 14.5 Å². The predicted molar refractivity (Wildman–Crippen MR) is 143 cm³/mol. The van der Waals surface area contributed by atoms with Crippen molar-refractivity contribution in [3.8, 4) is 5.75 Å². The van der Waals surface area contributed by atoms with Crippen molar-refractivity contribution in [2.45, 2.75) is 46.6 Å². The van der Waals surface area contributed by atoms with Crippen molar-refractivity contribution in [2.24, 2.45) is 5.92 Å². The Morgan fingerprint density at radius 3 is 2.68 bits per heavy atom. The van der Waals surface area contributed by atoms with Gasteiger partial charge in [-0.1, -0.05) is 26.0 Å². The number of hydrogen-bond donors (Lipinski definition) is 1. The van der Waals surface area contributed by atoms with Crippen molar-refractivity contribution in [3.05, 3.63) is 56.7 Å². The Labute approximate surface area is 222 Å². The second-order valence-corrected chi connectivity index (χ2v) is 11.3. The highest BCUT2D eigenvalue weighted by Gasteiger charge is 2.44. The molecule has 200 valence electrons. The Hall–Kier alpha value is -2.75. The molecule has 4 rings (SSSR count). The first-order valence-corrected chi connectivity index (χ1v) is 13.8. The monoisotopic (exact) mass is 527 g/mol. The summed E-state index contributed by atoms with van der Waals surface area (Å²) in [5, 5.41) is 11.8. The van der Waals surface area contributed by atoms with Crippen molar-refractivity contribution in [2.75, 3.05) is 46.0 Å². The van der Waals surface area contributed by atoms with Crippen molar-refractivity contribution in [1.29, 1.82) is 0 Å². The molecule has 1 fully saturated rings. The Balaban J connectivity index is 1.62. The number of ketones is 1. The molecule has 0 spiro atoms. The standard InChI is InChI=1S/C28H37N3O5S/c1-18(2)9-14-36-22-8-5-7-21(17-22)24-23(25(32)27-19(3)29-20(4)37-27)26(33)28(34)31(24)11-6-10-30-12-15-35-16-13-30/h5,7-8,17-18,24,33H,6,9-16H2,1-4H3. The van der Waals surface area contributed by atoms with Crippen LogP contribution in [-0.4, -0.2) is 77.6 Å². The van der Waals surface area contributed by atoms with Gasteiger partial charge in [0.25, 0.3) is 5.91 Å². The van der Waals surface area contributed by atoms with Crippen LogP contribution in [0.3, 0.4) is 0 Å². The first kappa shape index (κ1) is 27.3. The predicted octanol–water partition coefficient (Wildman–Crippen LogP) is 4.49. The van der Waals surface area contributed by atoms with Crippen molar-refractivity contribution < 1.29 is 24.2 Å². The number of amides is 1. The summed E-state index contributed by atoms with van der Waals surface area (Å²) in [5.74, 6) is -0.131. The molecule has 37 heavy (non-hydrogen) atoms. The lowest BCUT2D eigenvalue weighted by Crippen LogP contribution is -2.39. The van der Waals surface area contributed by atoms with Crippen molar-refractivity contribution in [1.82, 2.24) is 14.8 Å². The zero-order valence-electron chi connectivity index (χ0n) is 22.2. The number of ether oxygens (including phenoxy) is 2. The molecule has 1 N–H and O–H groups in total. The molecule has 0 saturated carbocycles. The number of aromatic nitrogens is 1. The average Bonchev–Trinajstić information content (AvgIpc) is 3.34. The summed E-state index contributed by atoms with van der Waals surface area (Å²) in [4.78, 5) is 35.8. The van der Waals surface area contributed by atoms with E-state index in [4.69, 9.17) is 9.47 Å². The van der Waals surface area contributed by atoms with E-state index in [1.807, 2.05) is 31.2 Å². The number of benzene rings is 1. The zero-order valence-corrected chi connectivity index (χ0v) is 23.0. The van der Waals surface area contributed by atoms with E-state index in [1.54, 1.807) is 11.8 Å². The lowest BCUT2D eigenvalue weighted by atomic mass is 9.94. The van der Waals surface area contributed by atoms with E-state index >= 15 is 0 Å². The lowest BCUT2D eigenvalue weighted by molar-refractivity contribution is -0.129. The Morgan fingerprint density at radius 2 is 2.00 bits per heavy atom. The highest BCUT2D eigenvalue weighted by atomic mass is 32.1. The number of aryl methyl sites for hydroxylation is 2. The van der Waals surface area contributed by atoms with Crippen LogP contribution < -0.4 is 4.74 Å². The van der Waals surface area contributed by atoms with Crippen molar-refractivity contribution in [3.63, 3.8) is 0 Å². The Kier molecular flexibility index (Phi) is 9.00. The number of Topliss-reactive ketones (excluding diaryl/α,β-unsaturated/α-hetero) is 1. The molecule has 0 aliphatic carbocycles. The summed E-state index contributed by atoms with van der Waals surface area (Å²) in [6.07, 6.45) is 1.65. The van der Waals surface area contributed by atoms with Gasteiger partial charge in [0.1, 0.15) is 5.75 Å². The molecule has 1 aromatic heterocycles. The van der Waals surface area contributed by atoms with Crippen LogP contribution in [0.15, 0.2) is 35.6 Å². The van der Waals surface area contributed by atoms with Gasteiger partial charge in [0.15, 0.2) is 5.76 Å². The van der Waals surface area contributed by atoms with Crippen LogP contribution in [0.25, 0.3) is 0 Å². The molecule has 1 saturated heterocycles. The summed E-state index contributed by atoms with van der Waals surface area (Å²) in [6, 6.07) is 6.82. The first-order valence-electron chi connectivity index (χ1n) is 13.0. The van der Waals surface area contributed by atoms with E-state index in [2.05, 4.69) is 23.7 Å². The molecule has 2 aliphatic heterocycles. The van der Waals surface area contributed by atoms with E-state index in [-0.39, 0.29) is 11.4 Å². The summed E-state index contributed by atoms with van der Waals surface area (Å²) in [6.45, 7) is 12.9. The van der Waals surface area contributed by atoms with Gasteiger partial charge >= 0.3 is 0 Å². The Bertz CT molecular complexity index is 1150. The minimum absolute atomic E-state index is 0.113. The smallest absolute Gasteiger partial charge is 0.290 e. The topological polar surface area (TPSA) is 92.2 Å². The molecule has 0 radical (unpaired) electrons. The molecule has 2 aromatic rings. The maximum Gasteiger partial charge on any atom is 0.290 e. The summed E-state index contributed by atoms with van der Waals surface area (Å²) in [7, 11) is 0. The molecule has 1 unspecified atom stereocenters. The molecule has 2 aliphatic rings.